The standard InChI is InChI=1S/C10H7ClO2S.2ClH/c11-14(12,13)10-6-5-8-3-1-2-4-9(8)7-10;;/h1-7H;2*1H. The summed E-state index contributed by atoms with van der Waals surface area (Å²) >= 11 is 0. The summed E-state index contributed by atoms with van der Waals surface area (Å²) in [4.78, 5) is 0.137. The maximum absolute atomic E-state index is 11.0. The van der Waals surface area contributed by atoms with Gasteiger partial charge in [0.05, 0.1) is 4.90 Å². The van der Waals surface area contributed by atoms with E-state index >= 15 is 0 Å². The van der Waals surface area contributed by atoms with Gasteiger partial charge >= 0.3 is 0 Å². The molecule has 0 amide bonds. The molecule has 0 fully saturated rings. The van der Waals surface area contributed by atoms with E-state index in [2.05, 4.69) is 0 Å². The molecule has 0 radical (unpaired) electrons. The van der Waals surface area contributed by atoms with Gasteiger partial charge in [-0.2, -0.15) is 0 Å². The van der Waals surface area contributed by atoms with Crippen LogP contribution in [0.5, 0.6) is 0 Å². The highest BCUT2D eigenvalue weighted by molar-refractivity contribution is 8.13. The Bertz CT molecular complexity index is 581. The number of benzene rings is 2. The lowest BCUT2D eigenvalue weighted by Gasteiger charge is -1.99. The zero-order valence-electron chi connectivity index (χ0n) is 7.96. The van der Waals surface area contributed by atoms with Gasteiger partial charge < -0.3 is 0 Å². The van der Waals surface area contributed by atoms with Crippen LogP contribution in [0.25, 0.3) is 10.8 Å². The molecule has 0 spiro atoms. The van der Waals surface area contributed by atoms with Crippen LogP contribution in [-0.2, 0) is 9.05 Å². The van der Waals surface area contributed by atoms with Crippen LogP contribution in [0.2, 0.25) is 0 Å². The van der Waals surface area contributed by atoms with Crippen molar-refractivity contribution in [2.45, 2.75) is 4.90 Å². The zero-order chi connectivity index (χ0) is 10.2. The van der Waals surface area contributed by atoms with Crippen molar-refractivity contribution in [1.82, 2.24) is 0 Å². The van der Waals surface area contributed by atoms with Crippen molar-refractivity contribution in [1.29, 1.82) is 0 Å². The van der Waals surface area contributed by atoms with E-state index in [-0.39, 0.29) is 29.7 Å². The van der Waals surface area contributed by atoms with Crippen LogP contribution in [0.3, 0.4) is 0 Å². The second-order valence-corrected chi connectivity index (χ2v) is 5.51. The Labute approximate surface area is 111 Å². The monoisotopic (exact) mass is 298 g/mol. The van der Waals surface area contributed by atoms with Crippen LogP contribution in [0.1, 0.15) is 0 Å². The van der Waals surface area contributed by atoms with E-state index in [1.165, 1.54) is 6.07 Å². The summed E-state index contributed by atoms with van der Waals surface area (Å²) in [5.74, 6) is 0. The summed E-state index contributed by atoms with van der Waals surface area (Å²) in [6.07, 6.45) is 0. The van der Waals surface area contributed by atoms with Crippen LogP contribution in [-0.4, -0.2) is 8.42 Å². The second kappa shape index (κ2) is 5.73. The molecule has 0 bridgehead atoms. The summed E-state index contributed by atoms with van der Waals surface area (Å²) in [6, 6.07) is 12.3. The maximum Gasteiger partial charge on any atom is 0.261 e. The van der Waals surface area contributed by atoms with Crippen molar-refractivity contribution < 1.29 is 8.42 Å². The lowest BCUT2D eigenvalue weighted by molar-refractivity contribution is 0.609. The van der Waals surface area contributed by atoms with E-state index in [9.17, 15) is 8.42 Å². The second-order valence-electron chi connectivity index (χ2n) is 2.95. The van der Waals surface area contributed by atoms with Crippen molar-refractivity contribution in [3.63, 3.8) is 0 Å². The Balaban J connectivity index is 0.00000112. The van der Waals surface area contributed by atoms with E-state index < -0.39 is 9.05 Å². The number of hydrogen-bond donors (Lipinski definition) is 0. The predicted molar refractivity (Wildman–Crippen MR) is 71.5 cm³/mol. The average Bonchev–Trinajstić information content (AvgIpc) is 2.16. The largest absolute Gasteiger partial charge is 0.261 e. The molecule has 0 saturated carbocycles. The lowest BCUT2D eigenvalue weighted by Crippen LogP contribution is -1.89. The molecule has 0 unspecified atom stereocenters. The highest BCUT2D eigenvalue weighted by Crippen LogP contribution is 2.21. The van der Waals surface area contributed by atoms with Crippen molar-refractivity contribution in [2.24, 2.45) is 0 Å². The van der Waals surface area contributed by atoms with Gasteiger partial charge in [-0.05, 0) is 22.9 Å². The van der Waals surface area contributed by atoms with Gasteiger partial charge in [-0.1, -0.05) is 30.3 Å². The number of fused-ring (bicyclic) bond motifs is 1. The van der Waals surface area contributed by atoms with Crippen LogP contribution >= 0.6 is 35.5 Å². The minimum Gasteiger partial charge on any atom is -0.207 e. The lowest BCUT2D eigenvalue weighted by atomic mass is 10.1. The van der Waals surface area contributed by atoms with E-state index in [0.717, 1.165) is 10.8 Å². The van der Waals surface area contributed by atoms with Crippen molar-refractivity contribution in [2.75, 3.05) is 0 Å². The van der Waals surface area contributed by atoms with E-state index in [4.69, 9.17) is 10.7 Å². The van der Waals surface area contributed by atoms with Crippen LogP contribution < -0.4 is 0 Å². The SMILES string of the molecule is Cl.Cl.O=S(=O)(Cl)c1ccc2ccccc2c1. The Morgan fingerprint density at radius 2 is 1.44 bits per heavy atom. The van der Waals surface area contributed by atoms with Gasteiger partial charge in [0.15, 0.2) is 0 Å². The molecule has 0 N–H and O–H groups in total. The fourth-order valence-corrected chi connectivity index (χ4v) is 2.11. The Hall–Kier alpha value is -0.480. The zero-order valence-corrected chi connectivity index (χ0v) is 11.2. The predicted octanol–water partition coefficient (Wildman–Crippen LogP) is 3.61. The maximum atomic E-state index is 11.0. The van der Waals surface area contributed by atoms with Crippen LogP contribution in [0.15, 0.2) is 47.4 Å². The van der Waals surface area contributed by atoms with Gasteiger partial charge in [0.1, 0.15) is 0 Å². The number of hydrogen-bond acceptors (Lipinski definition) is 2. The minimum atomic E-state index is -3.62. The molecule has 2 nitrogen and oxygen atoms in total. The number of halogens is 3. The summed E-state index contributed by atoms with van der Waals surface area (Å²) in [5.41, 5.74) is 0. The first-order chi connectivity index (χ1) is 6.57. The Morgan fingerprint density at radius 3 is 2.00 bits per heavy atom. The summed E-state index contributed by atoms with van der Waals surface area (Å²) in [5, 5.41) is 1.87. The Kier molecular flexibility index (Phi) is 5.56. The third kappa shape index (κ3) is 3.25. The molecule has 2 aromatic rings. The quantitative estimate of drug-likeness (QED) is 0.754. The molecule has 0 aliphatic heterocycles. The van der Waals surface area contributed by atoms with Crippen LogP contribution in [0, 0.1) is 0 Å². The third-order valence-electron chi connectivity index (χ3n) is 2.00. The molecule has 0 saturated heterocycles. The highest BCUT2D eigenvalue weighted by Gasteiger charge is 2.09. The molecule has 0 aliphatic carbocycles. The summed E-state index contributed by atoms with van der Waals surface area (Å²) in [7, 11) is 1.61. The smallest absolute Gasteiger partial charge is 0.207 e. The van der Waals surface area contributed by atoms with Gasteiger partial charge in [0.25, 0.3) is 9.05 Å². The van der Waals surface area contributed by atoms with E-state index in [0.29, 0.717) is 0 Å². The van der Waals surface area contributed by atoms with Crippen molar-refractivity contribution >= 4 is 55.3 Å². The topological polar surface area (TPSA) is 34.1 Å². The first-order valence-electron chi connectivity index (χ1n) is 4.01. The number of rotatable bonds is 1. The summed E-state index contributed by atoms with van der Waals surface area (Å²) in [6.45, 7) is 0. The molecule has 2 rings (SSSR count). The molecular weight excluding hydrogens is 291 g/mol. The van der Waals surface area contributed by atoms with Gasteiger partial charge in [0, 0.05) is 10.7 Å². The Morgan fingerprint density at radius 1 is 0.875 bits per heavy atom. The van der Waals surface area contributed by atoms with Gasteiger partial charge in [-0.15, -0.1) is 24.8 Å². The fourth-order valence-electron chi connectivity index (χ4n) is 1.32. The molecule has 0 atom stereocenters. The van der Waals surface area contributed by atoms with Crippen molar-refractivity contribution in [3.05, 3.63) is 42.5 Å². The highest BCUT2D eigenvalue weighted by atomic mass is 35.7. The molecule has 88 valence electrons. The minimum absolute atomic E-state index is 0. The fraction of sp³-hybridized carbons (Fsp3) is 0. The molecule has 16 heavy (non-hydrogen) atoms. The molecule has 2 aromatic carbocycles. The van der Waals surface area contributed by atoms with Gasteiger partial charge in [-0.3, -0.25) is 0 Å². The average molecular weight is 300 g/mol. The molecule has 0 aromatic heterocycles. The van der Waals surface area contributed by atoms with E-state index in [1.807, 2.05) is 24.3 Å². The summed E-state index contributed by atoms with van der Waals surface area (Å²) < 4.78 is 22.1. The molecule has 0 aliphatic rings. The third-order valence-corrected chi connectivity index (χ3v) is 3.35. The van der Waals surface area contributed by atoms with Crippen molar-refractivity contribution in [3.8, 4) is 0 Å². The first kappa shape index (κ1) is 15.5. The first-order valence-corrected chi connectivity index (χ1v) is 6.32. The molecule has 0 heterocycles. The van der Waals surface area contributed by atoms with Crippen LogP contribution in [0.4, 0.5) is 0 Å². The van der Waals surface area contributed by atoms with Gasteiger partial charge in [0.2, 0.25) is 0 Å². The molecule has 6 heteroatoms. The normalized spacial score (nSPS) is 10.3. The molecular formula is C10H9Cl3O2S. The van der Waals surface area contributed by atoms with Gasteiger partial charge in [-0.25, -0.2) is 8.42 Å². The van der Waals surface area contributed by atoms with E-state index in [1.54, 1.807) is 12.1 Å².